The average Bonchev–Trinajstić information content (AvgIpc) is 2.49. The third-order valence-corrected chi connectivity index (χ3v) is 2.53. The molecule has 0 aromatic heterocycles. The number of carbonyl (C=O) groups excluding carboxylic acids is 1. The Bertz CT molecular complexity index is 436. The number of ether oxygens (including phenoxy) is 2. The first kappa shape index (κ1) is 16.9. The summed E-state index contributed by atoms with van der Waals surface area (Å²) in [4.78, 5) is 22.5. The smallest absolute Gasteiger partial charge is 0.408 e. The number of carboxylic acid groups (broad SMARTS) is 1. The number of hydrogen-bond donors (Lipinski definition) is 3. The summed E-state index contributed by atoms with van der Waals surface area (Å²) in [6.45, 7) is 0.0610. The normalized spacial score (nSPS) is 11.7. The summed E-state index contributed by atoms with van der Waals surface area (Å²) in [7, 11) is 0. The Morgan fingerprint density at radius 2 is 1.95 bits per heavy atom. The van der Waals surface area contributed by atoms with Gasteiger partial charge in [-0.1, -0.05) is 30.3 Å². The Morgan fingerprint density at radius 3 is 2.57 bits per heavy atom. The summed E-state index contributed by atoms with van der Waals surface area (Å²) >= 11 is 0. The van der Waals surface area contributed by atoms with E-state index >= 15 is 0 Å². The highest BCUT2D eigenvalue weighted by Gasteiger charge is 2.20. The van der Waals surface area contributed by atoms with Crippen LogP contribution in [0.2, 0.25) is 0 Å². The second kappa shape index (κ2) is 9.73. The van der Waals surface area contributed by atoms with Crippen LogP contribution in [0.15, 0.2) is 30.3 Å². The van der Waals surface area contributed by atoms with Gasteiger partial charge in [0, 0.05) is 13.2 Å². The molecule has 0 heterocycles. The molecule has 0 aliphatic rings. The van der Waals surface area contributed by atoms with Crippen LogP contribution in [0.1, 0.15) is 12.0 Å². The second-order valence-electron chi connectivity index (χ2n) is 4.25. The van der Waals surface area contributed by atoms with Crippen molar-refractivity contribution < 1.29 is 29.3 Å². The van der Waals surface area contributed by atoms with Crippen molar-refractivity contribution in [3.63, 3.8) is 0 Å². The summed E-state index contributed by atoms with van der Waals surface area (Å²) in [6, 6.07) is 7.86. The highest BCUT2D eigenvalue weighted by Crippen LogP contribution is 2.01. The Morgan fingerprint density at radius 1 is 1.24 bits per heavy atom. The van der Waals surface area contributed by atoms with Gasteiger partial charge in [-0.05, 0) is 12.0 Å². The number of rotatable bonds is 9. The van der Waals surface area contributed by atoms with Crippen LogP contribution in [0, 0.1) is 0 Å². The molecule has 7 nitrogen and oxygen atoms in total. The van der Waals surface area contributed by atoms with Gasteiger partial charge in [0.2, 0.25) is 0 Å². The van der Waals surface area contributed by atoms with Crippen LogP contribution in [-0.2, 0) is 20.9 Å². The molecule has 0 bridgehead atoms. The van der Waals surface area contributed by atoms with Crippen molar-refractivity contribution in [1.29, 1.82) is 0 Å². The van der Waals surface area contributed by atoms with Crippen molar-refractivity contribution in [1.82, 2.24) is 5.32 Å². The van der Waals surface area contributed by atoms with Gasteiger partial charge in [0.15, 0.2) is 6.04 Å². The summed E-state index contributed by atoms with van der Waals surface area (Å²) in [5.41, 5.74) is 0.804. The molecule has 116 valence electrons. The topological polar surface area (TPSA) is 105 Å². The number of aliphatic hydroxyl groups excluding tert-OH is 1. The molecule has 1 aromatic rings. The Labute approximate surface area is 122 Å². The fourth-order valence-corrected chi connectivity index (χ4v) is 1.45. The molecule has 0 saturated carbocycles. The fourth-order valence-electron chi connectivity index (χ4n) is 1.45. The van der Waals surface area contributed by atoms with Gasteiger partial charge in [0.1, 0.15) is 6.61 Å². The van der Waals surface area contributed by atoms with Gasteiger partial charge >= 0.3 is 12.1 Å². The molecule has 21 heavy (non-hydrogen) atoms. The van der Waals surface area contributed by atoms with Gasteiger partial charge in [-0.15, -0.1) is 0 Å². The maximum Gasteiger partial charge on any atom is 0.408 e. The van der Waals surface area contributed by atoms with E-state index in [2.05, 4.69) is 5.32 Å². The Hall–Kier alpha value is -2.12. The van der Waals surface area contributed by atoms with Crippen LogP contribution in [0.25, 0.3) is 0 Å². The van der Waals surface area contributed by atoms with Crippen molar-refractivity contribution in [2.24, 2.45) is 0 Å². The molecule has 0 aliphatic carbocycles. The van der Waals surface area contributed by atoms with Gasteiger partial charge in [-0.2, -0.15) is 0 Å². The summed E-state index contributed by atoms with van der Waals surface area (Å²) in [5, 5.41) is 19.8. The minimum Gasteiger partial charge on any atom is -0.480 e. The quantitative estimate of drug-likeness (QED) is 0.581. The lowest BCUT2D eigenvalue weighted by molar-refractivity contribution is -0.141. The molecular formula is C14H19NO6. The molecule has 1 unspecified atom stereocenters. The minimum atomic E-state index is -1.21. The summed E-state index contributed by atoms with van der Waals surface area (Å²) in [6.07, 6.45) is -0.415. The van der Waals surface area contributed by atoms with Gasteiger partial charge in [-0.25, -0.2) is 9.59 Å². The number of aliphatic hydroxyl groups is 1. The minimum absolute atomic E-state index is 0.0374. The molecular weight excluding hydrogens is 278 g/mol. The maximum absolute atomic E-state index is 11.5. The van der Waals surface area contributed by atoms with Crippen molar-refractivity contribution >= 4 is 12.1 Å². The van der Waals surface area contributed by atoms with E-state index in [4.69, 9.17) is 19.7 Å². The van der Waals surface area contributed by atoms with E-state index in [1.54, 1.807) is 12.1 Å². The van der Waals surface area contributed by atoms with E-state index < -0.39 is 18.1 Å². The predicted octanol–water partition coefficient (Wildman–Crippen LogP) is 0.765. The van der Waals surface area contributed by atoms with Crippen LogP contribution in [0.3, 0.4) is 0 Å². The molecule has 1 rings (SSSR count). The number of benzene rings is 1. The molecule has 0 radical (unpaired) electrons. The lowest BCUT2D eigenvalue weighted by Crippen LogP contribution is -2.44. The molecule has 3 N–H and O–H groups in total. The first-order valence-corrected chi connectivity index (χ1v) is 6.52. The van der Waals surface area contributed by atoms with E-state index in [-0.39, 0.29) is 26.4 Å². The zero-order valence-electron chi connectivity index (χ0n) is 11.5. The van der Waals surface area contributed by atoms with Crippen molar-refractivity contribution in [3.8, 4) is 0 Å². The van der Waals surface area contributed by atoms with Gasteiger partial charge < -0.3 is 25.0 Å². The number of carboxylic acids is 1. The monoisotopic (exact) mass is 297 g/mol. The van der Waals surface area contributed by atoms with Crippen LogP contribution < -0.4 is 5.32 Å². The van der Waals surface area contributed by atoms with Gasteiger partial charge in [-0.3, -0.25) is 0 Å². The summed E-state index contributed by atoms with van der Waals surface area (Å²) < 4.78 is 9.98. The molecule has 0 spiro atoms. The SMILES string of the molecule is O=C(NC(COCCCO)C(=O)O)OCc1ccccc1. The average molecular weight is 297 g/mol. The van der Waals surface area contributed by atoms with E-state index in [0.717, 1.165) is 5.56 Å². The largest absolute Gasteiger partial charge is 0.480 e. The van der Waals surface area contributed by atoms with Gasteiger partial charge in [0.05, 0.1) is 6.61 Å². The second-order valence-corrected chi connectivity index (χ2v) is 4.25. The molecule has 7 heteroatoms. The first-order chi connectivity index (χ1) is 10.1. The first-order valence-electron chi connectivity index (χ1n) is 6.52. The molecule has 0 saturated heterocycles. The standard InChI is InChI=1S/C14H19NO6/c16-7-4-8-20-10-12(13(17)18)15-14(19)21-9-11-5-2-1-3-6-11/h1-3,5-6,12,16H,4,7-10H2,(H,15,19)(H,17,18). The van der Waals surface area contributed by atoms with Crippen LogP contribution in [0.5, 0.6) is 0 Å². The van der Waals surface area contributed by atoms with Crippen molar-refractivity contribution in [2.45, 2.75) is 19.1 Å². The number of carbonyl (C=O) groups is 2. The van der Waals surface area contributed by atoms with Crippen LogP contribution >= 0.6 is 0 Å². The lowest BCUT2D eigenvalue weighted by atomic mass is 10.2. The lowest BCUT2D eigenvalue weighted by Gasteiger charge is -2.14. The van der Waals surface area contributed by atoms with Gasteiger partial charge in [0.25, 0.3) is 0 Å². The predicted molar refractivity (Wildman–Crippen MR) is 73.7 cm³/mol. The fraction of sp³-hybridized carbons (Fsp3) is 0.429. The van der Waals surface area contributed by atoms with Crippen molar-refractivity contribution in [2.75, 3.05) is 19.8 Å². The molecule has 1 aromatic carbocycles. The molecule has 1 atom stereocenters. The number of nitrogens with one attached hydrogen (secondary N) is 1. The number of alkyl carbamates (subject to hydrolysis) is 1. The van der Waals surface area contributed by atoms with E-state index in [1.165, 1.54) is 0 Å². The van der Waals surface area contributed by atoms with E-state index in [0.29, 0.717) is 6.42 Å². The molecule has 0 fully saturated rings. The van der Waals surface area contributed by atoms with Crippen LogP contribution in [-0.4, -0.2) is 48.1 Å². The maximum atomic E-state index is 11.5. The Balaban J connectivity index is 2.33. The summed E-state index contributed by atoms with van der Waals surface area (Å²) in [5.74, 6) is -1.21. The third-order valence-electron chi connectivity index (χ3n) is 2.53. The van der Waals surface area contributed by atoms with E-state index in [9.17, 15) is 9.59 Å². The number of aliphatic carboxylic acids is 1. The van der Waals surface area contributed by atoms with Crippen molar-refractivity contribution in [3.05, 3.63) is 35.9 Å². The van der Waals surface area contributed by atoms with E-state index in [1.807, 2.05) is 18.2 Å². The third kappa shape index (κ3) is 7.28. The molecule has 1 amide bonds. The molecule has 0 aliphatic heterocycles. The Kier molecular flexibility index (Phi) is 7.85. The zero-order valence-corrected chi connectivity index (χ0v) is 11.5. The number of amides is 1. The zero-order chi connectivity index (χ0) is 15.5. The highest BCUT2D eigenvalue weighted by atomic mass is 16.5. The number of hydrogen-bond acceptors (Lipinski definition) is 5. The highest BCUT2D eigenvalue weighted by molar-refractivity contribution is 5.79. The van der Waals surface area contributed by atoms with Crippen LogP contribution in [0.4, 0.5) is 4.79 Å².